The molecular formula is C18H19FN2O4S. The van der Waals surface area contributed by atoms with Crippen LogP contribution in [-0.4, -0.2) is 30.6 Å². The maximum absolute atomic E-state index is 14.6. The van der Waals surface area contributed by atoms with Gasteiger partial charge in [0.1, 0.15) is 16.4 Å². The summed E-state index contributed by atoms with van der Waals surface area (Å²) >= 11 is 0. The number of carboxylic acid groups (broad SMARTS) is 1. The van der Waals surface area contributed by atoms with Crippen LogP contribution in [0.3, 0.4) is 0 Å². The van der Waals surface area contributed by atoms with E-state index in [0.717, 1.165) is 31.7 Å². The van der Waals surface area contributed by atoms with Gasteiger partial charge in [0.15, 0.2) is 0 Å². The number of carboxylic acids is 1. The van der Waals surface area contributed by atoms with E-state index >= 15 is 0 Å². The minimum Gasteiger partial charge on any atom is -0.477 e. The second-order valence-corrected chi connectivity index (χ2v) is 8.97. The molecule has 1 aliphatic carbocycles. The minimum atomic E-state index is -3.98. The number of sulfonamides is 1. The van der Waals surface area contributed by atoms with Gasteiger partial charge in [-0.05, 0) is 31.0 Å². The van der Waals surface area contributed by atoms with Gasteiger partial charge in [-0.15, -0.1) is 0 Å². The fourth-order valence-electron chi connectivity index (χ4n) is 4.37. The normalized spacial score (nSPS) is 18.5. The van der Waals surface area contributed by atoms with Gasteiger partial charge in [0.25, 0.3) is 10.0 Å². The molecule has 0 saturated heterocycles. The molecule has 1 spiro atoms. The molecule has 1 fully saturated rings. The highest BCUT2D eigenvalue weighted by Crippen LogP contribution is 2.52. The van der Waals surface area contributed by atoms with Crippen molar-refractivity contribution < 1.29 is 22.7 Å². The Hall–Kier alpha value is -2.35. The molecule has 2 heterocycles. The first-order valence-corrected chi connectivity index (χ1v) is 9.92. The number of hydrogen-bond donors (Lipinski definition) is 1. The van der Waals surface area contributed by atoms with E-state index in [9.17, 15) is 22.7 Å². The topological polar surface area (TPSA) is 79.6 Å². The van der Waals surface area contributed by atoms with Gasteiger partial charge in [0, 0.05) is 30.8 Å². The first kappa shape index (κ1) is 17.1. The lowest BCUT2D eigenvalue weighted by Crippen LogP contribution is -2.35. The quantitative estimate of drug-likeness (QED) is 0.891. The molecule has 0 bridgehead atoms. The third-order valence-electron chi connectivity index (χ3n) is 5.58. The van der Waals surface area contributed by atoms with E-state index < -0.39 is 21.4 Å². The highest BCUT2D eigenvalue weighted by Gasteiger charge is 2.50. The van der Waals surface area contributed by atoms with Crippen LogP contribution in [0.25, 0.3) is 0 Å². The summed E-state index contributed by atoms with van der Waals surface area (Å²) in [6.45, 7) is 0.197. The van der Waals surface area contributed by atoms with Crippen molar-refractivity contribution in [2.24, 2.45) is 7.05 Å². The van der Waals surface area contributed by atoms with Gasteiger partial charge in [-0.3, -0.25) is 4.31 Å². The zero-order valence-electron chi connectivity index (χ0n) is 14.3. The van der Waals surface area contributed by atoms with Crippen molar-refractivity contribution in [3.8, 4) is 0 Å². The van der Waals surface area contributed by atoms with Gasteiger partial charge in [0.2, 0.25) is 0 Å². The highest BCUT2D eigenvalue weighted by molar-refractivity contribution is 7.92. The molecule has 0 atom stereocenters. The van der Waals surface area contributed by atoms with E-state index in [0.29, 0.717) is 11.3 Å². The van der Waals surface area contributed by atoms with Crippen molar-refractivity contribution in [2.45, 2.75) is 36.0 Å². The molecule has 26 heavy (non-hydrogen) atoms. The van der Waals surface area contributed by atoms with E-state index in [-0.39, 0.29) is 23.0 Å². The number of halogens is 1. The van der Waals surface area contributed by atoms with Crippen molar-refractivity contribution in [3.05, 3.63) is 47.5 Å². The second kappa shape index (κ2) is 5.57. The van der Waals surface area contributed by atoms with Crippen LogP contribution in [0.1, 0.15) is 41.7 Å². The lowest BCUT2D eigenvalue weighted by molar-refractivity contribution is 0.0686. The predicted molar refractivity (Wildman–Crippen MR) is 93.5 cm³/mol. The number of aryl methyl sites for hydroxylation is 1. The summed E-state index contributed by atoms with van der Waals surface area (Å²) in [5, 5.41) is 9.19. The third-order valence-corrected chi connectivity index (χ3v) is 7.31. The van der Waals surface area contributed by atoms with E-state index in [1.54, 1.807) is 6.07 Å². The Bertz CT molecular complexity index is 1010. The lowest BCUT2D eigenvalue weighted by atomic mass is 9.80. The zero-order valence-corrected chi connectivity index (χ0v) is 15.1. The zero-order chi connectivity index (χ0) is 18.7. The van der Waals surface area contributed by atoms with Crippen LogP contribution in [0.2, 0.25) is 0 Å². The molecular weight excluding hydrogens is 359 g/mol. The summed E-state index contributed by atoms with van der Waals surface area (Å²) in [5.41, 5.74) is 0.249. The molecule has 0 radical (unpaired) electrons. The maximum Gasteiger partial charge on any atom is 0.352 e. The van der Waals surface area contributed by atoms with E-state index in [4.69, 9.17) is 0 Å². The molecule has 1 aliphatic heterocycles. The van der Waals surface area contributed by atoms with E-state index in [1.165, 1.54) is 34.2 Å². The molecule has 2 aliphatic rings. The monoisotopic (exact) mass is 378 g/mol. The number of aromatic carboxylic acids is 1. The van der Waals surface area contributed by atoms with Gasteiger partial charge in [-0.2, -0.15) is 0 Å². The van der Waals surface area contributed by atoms with Crippen molar-refractivity contribution in [3.63, 3.8) is 0 Å². The van der Waals surface area contributed by atoms with Crippen molar-refractivity contribution in [1.29, 1.82) is 0 Å². The standard InChI is InChI=1S/C18H19FN2O4S/c1-20-10-12(9-15(20)17(22)23)26(24,25)21-11-18(7-2-3-8-18)16-13(19)5-4-6-14(16)21/h4-6,9-10H,2-3,7-8,11H2,1H3,(H,22,23). The molecule has 0 amide bonds. The van der Waals surface area contributed by atoms with Crippen LogP contribution < -0.4 is 4.31 Å². The molecule has 8 heteroatoms. The third kappa shape index (κ3) is 2.28. The van der Waals surface area contributed by atoms with Crippen LogP contribution in [0.15, 0.2) is 35.4 Å². The smallest absolute Gasteiger partial charge is 0.352 e. The van der Waals surface area contributed by atoms with Gasteiger partial charge in [-0.1, -0.05) is 18.9 Å². The van der Waals surface area contributed by atoms with Gasteiger partial charge < -0.3 is 9.67 Å². The summed E-state index contributed by atoms with van der Waals surface area (Å²) < 4.78 is 43.6. The van der Waals surface area contributed by atoms with Gasteiger partial charge >= 0.3 is 5.97 Å². The summed E-state index contributed by atoms with van der Waals surface area (Å²) in [7, 11) is -2.50. The molecule has 0 unspecified atom stereocenters. The summed E-state index contributed by atoms with van der Waals surface area (Å²) in [5.74, 6) is -1.57. The molecule has 2 aromatic rings. The van der Waals surface area contributed by atoms with Crippen LogP contribution >= 0.6 is 0 Å². The SMILES string of the molecule is Cn1cc(S(=O)(=O)N2CC3(CCCC3)c3c(F)cccc32)cc1C(=O)O. The largest absolute Gasteiger partial charge is 0.477 e. The molecule has 6 nitrogen and oxygen atoms in total. The first-order valence-electron chi connectivity index (χ1n) is 8.48. The summed E-state index contributed by atoms with van der Waals surface area (Å²) in [6, 6.07) is 5.67. The molecule has 1 N–H and O–H groups in total. The van der Waals surface area contributed by atoms with Crippen LogP contribution in [0.4, 0.5) is 10.1 Å². The van der Waals surface area contributed by atoms with Crippen LogP contribution in [0.5, 0.6) is 0 Å². The second-order valence-electron chi connectivity index (χ2n) is 7.11. The van der Waals surface area contributed by atoms with Crippen molar-refractivity contribution in [1.82, 2.24) is 4.57 Å². The van der Waals surface area contributed by atoms with E-state index in [2.05, 4.69) is 0 Å². The number of carbonyl (C=O) groups is 1. The van der Waals surface area contributed by atoms with Crippen molar-refractivity contribution in [2.75, 3.05) is 10.8 Å². The van der Waals surface area contributed by atoms with Gasteiger partial charge in [-0.25, -0.2) is 17.6 Å². The minimum absolute atomic E-state index is 0.0948. The average molecular weight is 378 g/mol. The summed E-state index contributed by atoms with van der Waals surface area (Å²) in [4.78, 5) is 11.2. The van der Waals surface area contributed by atoms with Crippen LogP contribution in [0, 0.1) is 5.82 Å². The fourth-order valence-corrected chi connectivity index (χ4v) is 6.01. The van der Waals surface area contributed by atoms with Crippen molar-refractivity contribution >= 4 is 21.7 Å². The lowest BCUT2D eigenvalue weighted by Gasteiger charge is -2.25. The number of rotatable bonds is 3. The Balaban J connectivity index is 1.85. The number of hydrogen-bond acceptors (Lipinski definition) is 3. The number of anilines is 1. The molecule has 1 aromatic carbocycles. The van der Waals surface area contributed by atoms with Gasteiger partial charge in [0.05, 0.1) is 5.69 Å². The Morgan fingerprint density at radius 3 is 2.58 bits per heavy atom. The highest BCUT2D eigenvalue weighted by atomic mass is 32.2. The molecule has 4 rings (SSSR count). The first-order chi connectivity index (χ1) is 12.3. The number of aromatic nitrogens is 1. The summed E-state index contributed by atoms with van der Waals surface area (Å²) in [6.07, 6.45) is 4.67. The predicted octanol–water partition coefficient (Wildman–Crippen LogP) is 2.88. The average Bonchev–Trinajstić information content (AvgIpc) is 3.27. The Kier molecular flexibility index (Phi) is 3.66. The number of benzene rings is 1. The fraction of sp³-hybridized carbons (Fsp3) is 0.389. The maximum atomic E-state index is 14.6. The Labute approximate surface area is 150 Å². The molecule has 138 valence electrons. The van der Waals surface area contributed by atoms with E-state index in [1.807, 2.05) is 0 Å². The number of nitrogens with zero attached hydrogens (tertiary/aromatic N) is 2. The molecule has 1 aromatic heterocycles. The number of fused-ring (bicyclic) bond motifs is 2. The Morgan fingerprint density at radius 1 is 1.27 bits per heavy atom. The van der Waals surface area contributed by atoms with Crippen LogP contribution in [-0.2, 0) is 22.5 Å². The Morgan fingerprint density at radius 2 is 1.96 bits per heavy atom. The molecule has 1 saturated carbocycles.